The molecule has 2 heterocycles. The first-order valence-electron chi connectivity index (χ1n) is 10.2. The zero-order valence-corrected chi connectivity index (χ0v) is 18.4. The normalized spacial score (nSPS) is 15.1. The van der Waals surface area contributed by atoms with Gasteiger partial charge in [-0.2, -0.15) is 4.98 Å². The molecule has 0 fully saturated rings. The monoisotopic (exact) mass is 435 g/mol. The second-order valence-corrected chi connectivity index (χ2v) is 7.21. The molecule has 1 atom stereocenters. The van der Waals surface area contributed by atoms with Crippen molar-refractivity contribution in [3.8, 4) is 28.6 Å². The molecule has 0 aliphatic carbocycles. The molecule has 1 aliphatic rings. The van der Waals surface area contributed by atoms with Gasteiger partial charge in [-0.3, -0.25) is 4.79 Å². The lowest BCUT2D eigenvalue weighted by Crippen LogP contribution is -2.31. The number of nitrogens with one attached hydrogen (secondary N) is 1. The number of nitrogens with zero attached hydrogens (tertiary/aromatic N) is 3. The number of anilines is 1. The fraction of sp³-hybridized carbons (Fsp3) is 0.261. The molecule has 0 spiro atoms. The van der Waals surface area contributed by atoms with E-state index in [1.165, 1.54) is 0 Å². The Kier molecular flexibility index (Phi) is 5.72. The Bertz CT molecular complexity index is 1180. The maximum absolute atomic E-state index is 12.4. The second kappa shape index (κ2) is 8.62. The highest BCUT2D eigenvalue weighted by Crippen LogP contribution is 2.39. The molecular formula is C23H25N5O4. The van der Waals surface area contributed by atoms with E-state index in [1.54, 1.807) is 31.9 Å². The van der Waals surface area contributed by atoms with Gasteiger partial charge in [0.05, 0.1) is 26.4 Å². The van der Waals surface area contributed by atoms with Crippen LogP contribution in [0.15, 0.2) is 53.7 Å². The van der Waals surface area contributed by atoms with Crippen molar-refractivity contribution >= 4 is 11.9 Å². The van der Waals surface area contributed by atoms with Crippen molar-refractivity contribution in [2.24, 2.45) is 5.73 Å². The minimum Gasteiger partial charge on any atom is -0.494 e. The zero-order valence-electron chi connectivity index (χ0n) is 18.4. The van der Waals surface area contributed by atoms with E-state index in [9.17, 15) is 4.79 Å². The van der Waals surface area contributed by atoms with Crippen LogP contribution in [0.1, 0.15) is 25.5 Å². The molecule has 0 saturated heterocycles. The summed E-state index contributed by atoms with van der Waals surface area (Å²) in [5.41, 5.74) is 8.37. The highest BCUT2D eigenvalue weighted by molar-refractivity contribution is 5.95. The largest absolute Gasteiger partial charge is 0.494 e. The molecule has 2 aromatic carbocycles. The summed E-state index contributed by atoms with van der Waals surface area (Å²) >= 11 is 0. The van der Waals surface area contributed by atoms with Gasteiger partial charge in [0.15, 0.2) is 17.3 Å². The third-order valence-corrected chi connectivity index (χ3v) is 5.26. The van der Waals surface area contributed by atoms with Gasteiger partial charge in [0.25, 0.3) is 0 Å². The number of hydrogen-bond donors (Lipinski definition) is 2. The van der Waals surface area contributed by atoms with E-state index in [0.717, 1.165) is 16.9 Å². The number of methoxy groups -OCH3 is 2. The molecule has 3 aromatic rings. The summed E-state index contributed by atoms with van der Waals surface area (Å²) in [6.07, 6.45) is 0. The smallest absolute Gasteiger partial charge is 0.248 e. The number of fused-ring (bicyclic) bond motifs is 1. The van der Waals surface area contributed by atoms with Crippen molar-refractivity contribution < 1.29 is 19.0 Å². The predicted molar refractivity (Wildman–Crippen MR) is 120 cm³/mol. The van der Waals surface area contributed by atoms with Crippen LogP contribution in [-0.2, 0) is 4.79 Å². The van der Waals surface area contributed by atoms with Gasteiger partial charge in [-0.05, 0) is 55.8 Å². The van der Waals surface area contributed by atoms with E-state index in [2.05, 4.69) is 10.3 Å². The highest BCUT2D eigenvalue weighted by Gasteiger charge is 2.34. The molecule has 3 N–H and O–H groups in total. The number of nitrogens with two attached hydrogens (primary N) is 1. The lowest BCUT2D eigenvalue weighted by molar-refractivity contribution is -0.115. The summed E-state index contributed by atoms with van der Waals surface area (Å²) in [6, 6.07) is 12.4. The maximum atomic E-state index is 12.4. The molecule has 1 amide bonds. The van der Waals surface area contributed by atoms with Crippen molar-refractivity contribution in [3.63, 3.8) is 0 Å². The van der Waals surface area contributed by atoms with Crippen LogP contribution < -0.4 is 25.3 Å². The van der Waals surface area contributed by atoms with Crippen LogP contribution in [0, 0.1) is 0 Å². The quantitative estimate of drug-likeness (QED) is 0.586. The van der Waals surface area contributed by atoms with Gasteiger partial charge in [0, 0.05) is 11.3 Å². The lowest BCUT2D eigenvalue weighted by atomic mass is 9.95. The number of amides is 1. The average molecular weight is 435 g/mol. The average Bonchev–Trinajstić information content (AvgIpc) is 3.21. The Hall–Kier alpha value is -4.01. The number of hydrogen-bond acceptors (Lipinski definition) is 7. The summed E-state index contributed by atoms with van der Waals surface area (Å²) < 4.78 is 18.0. The van der Waals surface area contributed by atoms with Crippen molar-refractivity contribution in [1.82, 2.24) is 14.8 Å². The van der Waals surface area contributed by atoms with Crippen LogP contribution >= 0.6 is 0 Å². The third kappa shape index (κ3) is 3.73. The molecule has 9 heteroatoms. The topological polar surface area (TPSA) is 114 Å². The Balaban J connectivity index is 1.82. The molecule has 0 bridgehead atoms. The number of primary amides is 1. The molecule has 166 valence electrons. The summed E-state index contributed by atoms with van der Waals surface area (Å²) in [4.78, 5) is 17.1. The number of allylic oxidation sites excluding steroid dienone is 1. The molecule has 4 rings (SSSR count). The van der Waals surface area contributed by atoms with Crippen molar-refractivity contribution in [2.45, 2.75) is 19.9 Å². The number of aromatic nitrogens is 3. The minimum absolute atomic E-state index is 0.396. The van der Waals surface area contributed by atoms with E-state index in [-0.39, 0.29) is 0 Å². The summed E-state index contributed by atoms with van der Waals surface area (Å²) in [7, 11) is 3.13. The second-order valence-electron chi connectivity index (χ2n) is 7.21. The number of carbonyl (C=O) groups excluding carboxylic acids is 1. The third-order valence-electron chi connectivity index (χ3n) is 5.26. The fourth-order valence-corrected chi connectivity index (χ4v) is 3.79. The molecule has 1 aliphatic heterocycles. The van der Waals surface area contributed by atoms with Gasteiger partial charge in [0.1, 0.15) is 11.8 Å². The SMILES string of the molecule is CCOc1ccc(-c2nc3n(n2)C(c2ccc(OC)c(OC)c2)C(C(N)=O)=C(C)N3)cc1. The van der Waals surface area contributed by atoms with E-state index in [0.29, 0.717) is 41.1 Å². The van der Waals surface area contributed by atoms with Gasteiger partial charge < -0.3 is 25.3 Å². The van der Waals surface area contributed by atoms with E-state index in [4.69, 9.17) is 25.0 Å². The van der Waals surface area contributed by atoms with Gasteiger partial charge in [-0.15, -0.1) is 5.10 Å². The Morgan fingerprint density at radius 3 is 2.47 bits per heavy atom. The standard InChI is InChI=1S/C23H25N5O4/c1-5-32-16-9-6-14(7-10-16)22-26-23-25-13(2)19(21(24)29)20(28(23)27-22)15-8-11-17(30-3)18(12-15)31-4/h6-12,20H,5H2,1-4H3,(H2,24,29)(H,25,26,27). The Morgan fingerprint density at radius 1 is 1.12 bits per heavy atom. The van der Waals surface area contributed by atoms with E-state index < -0.39 is 11.9 Å². The van der Waals surface area contributed by atoms with Crippen LogP contribution in [0.2, 0.25) is 0 Å². The number of carbonyl (C=O) groups is 1. The summed E-state index contributed by atoms with van der Waals surface area (Å²) in [5, 5.41) is 7.86. The molecule has 1 aromatic heterocycles. The van der Waals surface area contributed by atoms with Crippen LogP contribution in [0.5, 0.6) is 17.2 Å². The van der Waals surface area contributed by atoms with Gasteiger partial charge in [-0.1, -0.05) is 6.07 Å². The lowest BCUT2D eigenvalue weighted by Gasteiger charge is -2.28. The van der Waals surface area contributed by atoms with Crippen LogP contribution in [0.3, 0.4) is 0 Å². The molecule has 0 saturated carbocycles. The highest BCUT2D eigenvalue weighted by atomic mass is 16.5. The first-order chi connectivity index (χ1) is 15.5. The summed E-state index contributed by atoms with van der Waals surface area (Å²) in [6.45, 7) is 4.32. The Morgan fingerprint density at radius 2 is 1.84 bits per heavy atom. The maximum Gasteiger partial charge on any atom is 0.248 e. The number of ether oxygens (including phenoxy) is 3. The van der Waals surface area contributed by atoms with Crippen LogP contribution in [0.25, 0.3) is 11.4 Å². The van der Waals surface area contributed by atoms with Crippen LogP contribution in [-0.4, -0.2) is 41.5 Å². The number of benzene rings is 2. The minimum atomic E-state index is -0.576. The molecule has 0 radical (unpaired) electrons. The Labute approximate surface area is 185 Å². The van der Waals surface area contributed by atoms with E-state index in [1.807, 2.05) is 43.3 Å². The van der Waals surface area contributed by atoms with Gasteiger partial charge >= 0.3 is 0 Å². The molecule has 32 heavy (non-hydrogen) atoms. The predicted octanol–water partition coefficient (Wildman–Crippen LogP) is 3.14. The van der Waals surface area contributed by atoms with Crippen LogP contribution in [0.4, 0.5) is 5.95 Å². The number of rotatable bonds is 7. The van der Waals surface area contributed by atoms with Crippen molar-refractivity contribution in [1.29, 1.82) is 0 Å². The molecule has 1 unspecified atom stereocenters. The zero-order chi connectivity index (χ0) is 22.8. The molecule has 9 nitrogen and oxygen atoms in total. The first-order valence-corrected chi connectivity index (χ1v) is 10.2. The van der Waals surface area contributed by atoms with Gasteiger partial charge in [-0.25, -0.2) is 4.68 Å². The molecular weight excluding hydrogens is 410 g/mol. The van der Waals surface area contributed by atoms with Crippen molar-refractivity contribution in [2.75, 3.05) is 26.1 Å². The first kappa shape index (κ1) is 21.2. The fourth-order valence-electron chi connectivity index (χ4n) is 3.79. The van der Waals surface area contributed by atoms with Crippen molar-refractivity contribution in [3.05, 3.63) is 59.3 Å². The van der Waals surface area contributed by atoms with E-state index >= 15 is 0 Å². The van der Waals surface area contributed by atoms with Gasteiger partial charge in [0.2, 0.25) is 11.9 Å². The summed E-state index contributed by atoms with van der Waals surface area (Å²) in [5.74, 6) is 2.38.